The van der Waals surface area contributed by atoms with Crippen LogP contribution in [0.15, 0.2) is 0 Å². The highest BCUT2D eigenvalue weighted by molar-refractivity contribution is 7.99. The van der Waals surface area contributed by atoms with Gasteiger partial charge >= 0.3 is 0 Å². The molecule has 1 atom stereocenters. The summed E-state index contributed by atoms with van der Waals surface area (Å²) in [4.78, 5) is 11.1. The van der Waals surface area contributed by atoms with Crippen LogP contribution in [0.3, 0.4) is 0 Å². The molecule has 0 aromatic rings. The van der Waals surface area contributed by atoms with E-state index in [4.69, 9.17) is 4.74 Å². The summed E-state index contributed by atoms with van der Waals surface area (Å²) >= 11 is 1.74. The minimum absolute atomic E-state index is 0.0328. The molecule has 4 heteroatoms. The number of thioether (sulfide) groups is 1. The third kappa shape index (κ3) is 8.12. The van der Waals surface area contributed by atoms with Gasteiger partial charge in [-0.25, -0.2) is 0 Å². The van der Waals surface area contributed by atoms with E-state index >= 15 is 0 Å². The highest BCUT2D eigenvalue weighted by atomic mass is 32.2. The Bertz CT molecular complexity index is 151. The Morgan fingerprint density at radius 3 is 2.54 bits per heavy atom. The normalized spacial score (nSPS) is 13.0. The number of hydrogen-bond donors (Lipinski definition) is 1. The van der Waals surface area contributed by atoms with Crippen molar-refractivity contribution in [2.75, 3.05) is 19.4 Å². The van der Waals surface area contributed by atoms with E-state index in [1.807, 2.05) is 20.1 Å². The van der Waals surface area contributed by atoms with Gasteiger partial charge in [-0.15, -0.1) is 0 Å². The standard InChI is InChI=1S/C9H19NO2S/c1-7(2)12-6-9(11)10-5-8(3)13-4/h7-8H,5-6H2,1-4H3,(H,10,11). The van der Waals surface area contributed by atoms with Gasteiger partial charge in [-0.2, -0.15) is 11.8 Å². The van der Waals surface area contributed by atoms with Crippen molar-refractivity contribution >= 4 is 17.7 Å². The number of hydrogen-bond acceptors (Lipinski definition) is 3. The molecule has 1 amide bonds. The average Bonchev–Trinajstić information content (AvgIpc) is 2.10. The lowest BCUT2D eigenvalue weighted by atomic mass is 10.4. The first-order valence-electron chi connectivity index (χ1n) is 4.47. The Hall–Kier alpha value is -0.220. The van der Waals surface area contributed by atoms with Crippen LogP contribution in [0.4, 0.5) is 0 Å². The molecule has 1 unspecified atom stereocenters. The van der Waals surface area contributed by atoms with Crippen LogP contribution in [0.2, 0.25) is 0 Å². The lowest BCUT2D eigenvalue weighted by molar-refractivity contribution is -0.127. The fraction of sp³-hybridized carbons (Fsp3) is 0.889. The van der Waals surface area contributed by atoms with Gasteiger partial charge in [-0.3, -0.25) is 4.79 Å². The van der Waals surface area contributed by atoms with Gasteiger partial charge in [0, 0.05) is 11.8 Å². The largest absolute Gasteiger partial charge is 0.369 e. The Labute approximate surface area is 84.6 Å². The smallest absolute Gasteiger partial charge is 0.246 e. The second kappa shape index (κ2) is 7.21. The van der Waals surface area contributed by atoms with E-state index in [1.165, 1.54) is 0 Å². The number of carbonyl (C=O) groups is 1. The van der Waals surface area contributed by atoms with Crippen LogP contribution in [-0.4, -0.2) is 36.7 Å². The lowest BCUT2D eigenvalue weighted by Gasteiger charge is -2.11. The molecule has 0 aliphatic heterocycles. The van der Waals surface area contributed by atoms with E-state index < -0.39 is 0 Å². The van der Waals surface area contributed by atoms with Crippen molar-refractivity contribution in [1.29, 1.82) is 0 Å². The van der Waals surface area contributed by atoms with Gasteiger partial charge in [0.1, 0.15) is 6.61 Å². The molecular weight excluding hydrogens is 186 g/mol. The first kappa shape index (κ1) is 12.8. The van der Waals surface area contributed by atoms with Gasteiger partial charge in [-0.05, 0) is 20.1 Å². The van der Waals surface area contributed by atoms with E-state index in [0.29, 0.717) is 11.8 Å². The molecule has 0 fully saturated rings. The molecule has 0 rings (SSSR count). The molecular formula is C9H19NO2S. The molecule has 1 N–H and O–H groups in total. The monoisotopic (exact) mass is 205 g/mol. The van der Waals surface area contributed by atoms with Crippen LogP contribution < -0.4 is 5.32 Å². The SMILES string of the molecule is CSC(C)CNC(=O)COC(C)C. The molecule has 0 aliphatic rings. The predicted molar refractivity (Wildman–Crippen MR) is 57.1 cm³/mol. The van der Waals surface area contributed by atoms with Crippen molar-refractivity contribution < 1.29 is 9.53 Å². The third-order valence-electron chi connectivity index (χ3n) is 1.54. The minimum atomic E-state index is -0.0328. The Balaban J connectivity index is 3.40. The van der Waals surface area contributed by atoms with Crippen LogP contribution in [0, 0.1) is 0 Å². The summed E-state index contributed by atoms with van der Waals surface area (Å²) in [5.41, 5.74) is 0. The number of ether oxygens (including phenoxy) is 1. The summed E-state index contributed by atoms with van der Waals surface area (Å²) in [5.74, 6) is -0.0328. The Morgan fingerprint density at radius 2 is 2.08 bits per heavy atom. The Kier molecular flexibility index (Phi) is 7.09. The topological polar surface area (TPSA) is 38.3 Å². The number of rotatable bonds is 6. The van der Waals surface area contributed by atoms with Crippen molar-refractivity contribution in [1.82, 2.24) is 5.32 Å². The maximum atomic E-state index is 11.1. The highest BCUT2D eigenvalue weighted by Gasteiger charge is 2.04. The van der Waals surface area contributed by atoms with E-state index in [1.54, 1.807) is 11.8 Å². The molecule has 3 nitrogen and oxygen atoms in total. The molecule has 0 saturated carbocycles. The first-order valence-corrected chi connectivity index (χ1v) is 5.76. The summed E-state index contributed by atoms with van der Waals surface area (Å²) in [6.07, 6.45) is 2.14. The van der Waals surface area contributed by atoms with Crippen LogP contribution in [0.1, 0.15) is 20.8 Å². The minimum Gasteiger partial charge on any atom is -0.369 e. The van der Waals surface area contributed by atoms with E-state index in [9.17, 15) is 4.79 Å². The zero-order chi connectivity index (χ0) is 10.3. The molecule has 0 aromatic heterocycles. The number of carbonyl (C=O) groups excluding carboxylic acids is 1. The van der Waals surface area contributed by atoms with Gasteiger partial charge in [0.2, 0.25) is 5.91 Å². The molecule has 0 bridgehead atoms. The maximum Gasteiger partial charge on any atom is 0.246 e. The fourth-order valence-corrected chi connectivity index (χ4v) is 0.884. The van der Waals surface area contributed by atoms with Crippen LogP contribution in [0.5, 0.6) is 0 Å². The fourth-order valence-electron chi connectivity index (χ4n) is 0.634. The van der Waals surface area contributed by atoms with Gasteiger partial charge < -0.3 is 10.1 Å². The zero-order valence-corrected chi connectivity index (χ0v) is 9.61. The van der Waals surface area contributed by atoms with Crippen molar-refractivity contribution in [3.05, 3.63) is 0 Å². The summed E-state index contributed by atoms with van der Waals surface area (Å²) in [6.45, 7) is 6.78. The van der Waals surface area contributed by atoms with Crippen molar-refractivity contribution in [3.63, 3.8) is 0 Å². The Morgan fingerprint density at radius 1 is 1.46 bits per heavy atom. The van der Waals surface area contributed by atoms with E-state index in [2.05, 4.69) is 12.2 Å². The molecule has 13 heavy (non-hydrogen) atoms. The van der Waals surface area contributed by atoms with Crippen molar-refractivity contribution in [2.24, 2.45) is 0 Å². The van der Waals surface area contributed by atoms with Gasteiger partial charge in [0.15, 0.2) is 0 Å². The molecule has 0 aromatic carbocycles. The van der Waals surface area contributed by atoms with E-state index in [-0.39, 0.29) is 18.6 Å². The summed E-state index contributed by atoms with van der Waals surface area (Å²) < 4.78 is 5.15. The van der Waals surface area contributed by atoms with Gasteiger partial charge in [-0.1, -0.05) is 6.92 Å². The van der Waals surface area contributed by atoms with E-state index in [0.717, 1.165) is 0 Å². The second-order valence-corrected chi connectivity index (χ2v) is 4.49. The van der Waals surface area contributed by atoms with Crippen molar-refractivity contribution in [2.45, 2.75) is 32.1 Å². The highest BCUT2D eigenvalue weighted by Crippen LogP contribution is 2.02. The second-order valence-electron chi connectivity index (χ2n) is 3.21. The molecule has 0 aliphatic carbocycles. The lowest BCUT2D eigenvalue weighted by Crippen LogP contribution is -2.33. The number of nitrogens with one attached hydrogen (secondary N) is 1. The zero-order valence-electron chi connectivity index (χ0n) is 8.79. The molecule has 0 heterocycles. The van der Waals surface area contributed by atoms with Crippen LogP contribution >= 0.6 is 11.8 Å². The van der Waals surface area contributed by atoms with Gasteiger partial charge in [0.25, 0.3) is 0 Å². The van der Waals surface area contributed by atoms with Crippen LogP contribution in [-0.2, 0) is 9.53 Å². The molecule has 0 radical (unpaired) electrons. The number of amides is 1. The average molecular weight is 205 g/mol. The molecule has 0 spiro atoms. The third-order valence-corrected chi connectivity index (χ3v) is 2.51. The van der Waals surface area contributed by atoms with Crippen LogP contribution in [0.25, 0.3) is 0 Å². The molecule has 78 valence electrons. The maximum absolute atomic E-state index is 11.1. The van der Waals surface area contributed by atoms with Gasteiger partial charge in [0.05, 0.1) is 6.10 Å². The predicted octanol–water partition coefficient (Wildman–Crippen LogP) is 1.28. The summed E-state index contributed by atoms with van der Waals surface area (Å²) in [7, 11) is 0. The molecule has 0 saturated heterocycles. The summed E-state index contributed by atoms with van der Waals surface area (Å²) in [6, 6.07) is 0. The summed E-state index contributed by atoms with van der Waals surface area (Å²) in [5, 5.41) is 3.27. The van der Waals surface area contributed by atoms with Crippen molar-refractivity contribution in [3.8, 4) is 0 Å². The quantitative estimate of drug-likeness (QED) is 0.710. The first-order chi connectivity index (χ1) is 6.06.